The van der Waals surface area contributed by atoms with Crippen LogP contribution in [0.5, 0.6) is 5.88 Å². The zero-order valence-electron chi connectivity index (χ0n) is 18.4. The quantitative estimate of drug-likeness (QED) is 0.293. The molecule has 1 aliphatic heterocycles. The topological polar surface area (TPSA) is 86.7 Å². The van der Waals surface area contributed by atoms with Gasteiger partial charge >= 0.3 is 5.97 Å². The van der Waals surface area contributed by atoms with E-state index in [2.05, 4.69) is 10.3 Å². The number of benzene rings is 3. The number of aromatic hydroxyl groups is 1. The molecule has 5 rings (SSSR count). The highest BCUT2D eigenvalue weighted by atomic mass is 35.5. The van der Waals surface area contributed by atoms with Crippen molar-refractivity contribution in [2.75, 3.05) is 11.9 Å². The lowest BCUT2D eigenvalue weighted by Crippen LogP contribution is -2.13. The molecule has 7 heteroatoms. The van der Waals surface area contributed by atoms with E-state index in [1.54, 1.807) is 25.1 Å². The van der Waals surface area contributed by atoms with Crippen LogP contribution in [0.25, 0.3) is 11.3 Å². The number of carbonyl (C=O) groups excluding carboxylic acids is 1. The van der Waals surface area contributed by atoms with E-state index in [0.29, 0.717) is 27.5 Å². The van der Waals surface area contributed by atoms with Gasteiger partial charge in [-0.3, -0.25) is 4.99 Å². The van der Waals surface area contributed by atoms with Crippen LogP contribution in [-0.4, -0.2) is 28.4 Å². The van der Waals surface area contributed by atoms with Crippen LogP contribution in [0.4, 0.5) is 5.69 Å². The summed E-state index contributed by atoms with van der Waals surface area (Å²) in [5.74, 6) is -0.430. The normalized spacial score (nSPS) is 14.4. The monoisotopic (exact) mass is 471 g/mol. The lowest BCUT2D eigenvalue weighted by atomic mass is 9.99. The maximum absolute atomic E-state index is 12.6. The van der Waals surface area contributed by atoms with Crippen LogP contribution in [-0.2, 0) is 4.74 Å². The summed E-state index contributed by atoms with van der Waals surface area (Å²) in [5.41, 5.74) is 5.50. The first-order valence-corrected chi connectivity index (χ1v) is 11.3. The maximum Gasteiger partial charge on any atom is 0.340 e. The molecular formula is C27H22ClN3O3. The minimum atomic E-state index is -0.563. The zero-order chi connectivity index (χ0) is 23.7. The summed E-state index contributed by atoms with van der Waals surface area (Å²) in [4.78, 5) is 20.7. The highest BCUT2D eigenvalue weighted by Crippen LogP contribution is 2.44. The lowest BCUT2D eigenvalue weighted by molar-refractivity contribution is 0.0527. The van der Waals surface area contributed by atoms with Gasteiger partial charge in [-0.15, -0.1) is 0 Å². The van der Waals surface area contributed by atoms with Crippen molar-refractivity contribution >= 4 is 29.0 Å². The van der Waals surface area contributed by atoms with Gasteiger partial charge in [-0.1, -0.05) is 72.3 Å². The molecule has 0 fully saturated rings. The van der Waals surface area contributed by atoms with Gasteiger partial charge in [0.25, 0.3) is 0 Å². The van der Waals surface area contributed by atoms with E-state index in [-0.39, 0.29) is 12.5 Å². The van der Waals surface area contributed by atoms with Gasteiger partial charge in [0.1, 0.15) is 6.17 Å². The number of hydrogen-bond donors (Lipinski definition) is 3. The third kappa shape index (κ3) is 3.93. The summed E-state index contributed by atoms with van der Waals surface area (Å²) in [6.45, 7) is 2.00. The van der Waals surface area contributed by atoms with Crippen LogP contribution in [0.3, 0.4) is 0 Å². The van der Waals surface area contributed by atoms with Gasteiger partial charge in [-0.05, 0) is 30.7 Å². The van der Waals surface area contributed by atoms with Crippen LogP contribution in [0.15, 0.2) is 83.9 Å². The molecule has 1 aliphatic rings. The average molecular weight is 472 g/mol. The molecular weight excluding hydrogens is 450 g/mol. The molecule has 170 valence electrons. The smallest absolute Gasteiger partial charge is 0.340 e. The van der Waals surface area contributed by atoms with Crippen LogP contribution < -0.4 is 5.32 Å². The standard InChI is InChI=1S/C27H22ClN3O3/c1-2-34-27(33)19-15-18(28)13-14-20(19)29-25-21-22(24(30-25)17-11-7-4-8-12-17)26(32)31-23(21)16-9-5-3-6-10-16/h3-15,25,29,31-32H,2H2,1H3. The molecule has 0 radical (unpaired) electrons. The Bertz CT molecular complexity index is 1380. The molecule has 34 heavy (non-hydrogen) atoms. The number of fused-ring (bicyclic) bond motifs is 1. The molecule has 4 aromatic rings. The molecule has 1 aromatic heterocycles. The van der Waals surface area contributed by atoms with Crippen molar-refractivity contribution in [1.82, 2.24) is 4.98 Å². The number of anilines is 1. The van der Waals surface area contributed by atoms with Crippen molar-refractivity contribution in [3.8, 4) is 17.1 Å². The minimum Gasteiger partial charge on any atom is -0.494 e. The molecule has 0 spiro atoms. The summed E-state index contributed by atoms with van der Waals surface area (Å²) in [5, 5.41) is 14.7. The number of carbonyl (C=O) groups is 1. The van der Waals surface area contributed by atoms with Gasteiger partial charge in [0.05, 0.1) is 34.8 Å². The SMILES string of the molecule is CCOC(=O)c1cc(Cl)ccc1NC1N=C(c2ccccc2)c2c(O)[nH]c(-c3ccccc3)c21. The van der Waals surface area contributed by atoms with E-state index in [4.69, 9.17) is 21.3 Å². The van der Waals surface area contributed by atoms with Gasteiger partial charge < -0.3 is 20.1 Å². The van der Waals surface area contributed by atoms with Crippen molar-refractivity contribution in [2.24, 2.45) is 4.99 Å². The summed E-state index contributed by atoms with van der Waals surface area (Å²) < 4.78 is 5.23. The fourth-order valence-corrected chi connectivity index (χ4v) is 4.36. The molecule has 0 saturated carbocycles. The first-order valence-electron chi connectivity index (χ1n) is 10.9. The van der Waals surface area contributed by atoms with E-state index in [0.717, 1.165) is 22.4 Å². The Labute approximate surface area is 201 Å². The van der Waals surface area contributed by atoms with E-state index >= 15 is 0 Å². The number of hydrogen-bond acceptors (Lipinski definition) is 5. The molecule has 3 N–H and O–H groups in total. The molecule has 2 heterocycles. The number of nitrogens with zero attached hydrogens (tertiary/aromatic N) is 1. The average Bonchev–Trinajstić information content (AvgIpc) is 3.40. The molecule has 0 saturated heterocycles. The van der Waals surface area contributed by atoms with Crippen LogP contribution in [0.2, 0.25) is 5.02 Å². The number of ether oxygens (including phenoxy) is 1. The molecule has 1 atom stereocenters. The van der Waals surface area contributed by atoms with Gasteiger partial charge in [0.2, 0.25) is 0 Å². The molecule has 0 amide bonds. The number of esters is 1. The first kappa shape index (κ1) is 21.8. The van der Waals surface area contributed by atoms with Gasteiger partial charge in [-0.2, -0.15) is 0 Å². The second-order valence-corrected chi connectivity index (χ2v) is 8.24. The number of aliphatic imine (C=N–C) groups is 1. The molecule has 1 unspecified atom stereocenters. The van der Waals surface area contributed by atoms with Gasteiger partial charge in [0.15, 0.2) is 5.88 Å². The predicted octanol–water partition coefficient (Wildman–Crippen LogP) is 6.18. The number of aromatic amines is 1. The van der Waals surface area contributed by atoms with Crippen molar-refractivity contribution in [2.45, 2.75) is 13.1 Å². The third-order valence-corrected chi connectivity index (χ3v) is 5.90. The number of rotatable bonds is 6. The predicted molar refractivity (Wildman–Crippen MR) is 134 cm³/mol. The Morgan fingerprint density at radius 3 is 2.41 bits per heavy atom. The fourth-order valence-electron chi connectivity index (χ4n) is 4.19. The Balaban J connectivity index is 1.65. The highest BCUT2D eigenvalue weighted by molar-refractivity contribution is 6.31. The lowest BCUT2D eigenvalue weighted by Gasteiger charge is -2.17. The Morgan fingerprint density at radius 1 is 1.06 bits per heavy atom. The van der Waals surface area contributed by atoms with E-state index in [1.807, 2.05) is 60.7 Å². The number of H-pyrrole nitrogens is 1. The van der Waals surface area contributed by atoms with E-state index < -0.39 is 12.1 Å². The maximum atomic E-state index is 12.6. The van der Waals surface area contributed by atoms with E-state index in [1.165, 1.54) is 0 Å². The first-order chi connectivity index (χ1) is 16.6. The number of nitrogens with one attached hydrogen (secondary N) is 2. The molecule has 0 aliphatic carbocycles. The summed E-state index contributed by atoms with van der Waals surface area (Å²) >= 11 is 6.17. The fraction of sp³-hybridized carbons (Fsp3) is 0.111. The second kappa shape index (κ2) is 9.08. The van der Waals surface area contributed by atoms with Crippen LogP contribution in [0.1, 0.15) is 40.1 Å². The summed E-state index contributed by atoms with van der Waals surface area (Å²) in [7, 11) is 0. The number of halogens is 1. The molecule has 3 aromatic carbocycles. The number of aromatic nitrogens is 1. The van der Waals surface area contributed by atoms with Crippen molar-refractivity contribution in [3.63, 3.8) is 0 Å². The highest BCUT2D eigenvalue weighted by Gasteiger charge is 2.35. The summed E-state index contributed by atoms with van der Waals surface area (Å²) in [6, 6.07) is 24.5. The molecule has 0 bridgehead atoms. The second-order valence-electron chi connectivity index (χ2n) is 7.80. The minimum absolute atomic E-state index is 0.0440. The Kier molecular flexibility index (Phi) is 5.82. The summed E-state index contributed by atoms with van der Waals surface area (Å²) in [6.07, 6.45) is -0.563. The van der Waals surface area contributed by atoms with Gasteiger partial charge in [0, 0.05) is 16.1 Å². The van der Waals surface area contributed by atoms with Crippen molar-refractivity contribution in [1.29, 1.82) is 0 Å². The van der Waals surface area contributed by atoms with Crippen LogP contribution >= 0.6 is 11.6 Å². The largest absolute Gasteiger partial charge is 0.494 e. The zero-order valence-corrected chi connectivity index (χ0v) is 19.1. The Hall–Kier alpha value is -4.03. The molecule has 6 nitrogen and oxygen atoms in total. The van der Waals surface area contributed by atoms with E-state index in [9.17, 15) is 9.90 Å². The van der Waals surface area contributed by atoms with Crippen molar-refractivity contribution in [3.05, 3.63) is 106 Å². The Morgan fingerprint density at radius 2 is 1.74 bits per heavy atom. The third-order valence-electron chi connectivity index (χ3n) is 5.67. The van der Waals surface area contributed by atoms with Crippen LogP contribution in [0, 0.1) is 0 Å². The van der Waals surface area contributed by atoms with Crippen molar-refractivity contribution < 1.29 is 14.6 Å². The van der Waals surface area contributed by atoms with Gasteiger partial charge in [-0.25, -0.2) is 4.79 Å².